The third-order valence-corrected chi connectivity index (χ3v) is 3.03. The number of ether oxygens (including phenoxy) is 3. The second-order valence-electron chi connectivity index (χ2n) is 4.64. The van der Waals surface area contributed by atoms with Gasteiger partial charge in [-0.2, -0.15) is 0 Å². The van der Waals surface area contributed by atoms with Gasteiger partial charge in [-0.1, -0.05) is 38.3 Å². The molecule has 0 saturated carbocycles. The first kappa shape index (κ1) is 19.1. The molecule has 0 unspecified atom stereocenters. The van der Waals surface area contributed by atoms with Crippen LogP contribution < -0.4 is 0 Å². The average Bonchev–Trinajstić information content (AvgIpc) is 2.38. The van der Waals surface area contributed by atoms with E-state index >= 15 is 0 Å². The van der Waals surface area contributed by atoms with Crippen molar-refractivity contribution < 1.29 is 18.6 Å². The Balaban J connectivity index is 3.92. The Morgan fingerprint density at radius 3 is 1.84 bits per heavy atom. The van der Waals surface area contributed by atoms with Crippen molar-refractivity contribution in [2.24, 2.45) is 0 Å². The normalized spacial score (nSPS) is 14.8. The molecule has 0 aromatic carbocycles. The van der Waals surface area contributed by atoms with Crippen LogP contribution in [-0.2, 0) is 14.2 Å². The van der Waals surface area contributed by atoms with Gasteiger partial charge in [0.15, 0.2) is 5.56 Å². The Kier molecular flexibility index (Phi) is 13.2. The molecule has 0 fully saturated rings. The number of hydrogen-bond acceptors (Lipinski definition) is 3. The molecule has 0 bridgehead atoms. The summed E-state index contributed by atoms with van der Waals surface area (Å²) >= 11 is 5.78. The summed E-state index contributed by atoms with van der Waals surface area (Å²) < 4.78 is 29.4. The quantitative estimate of drug-likeness (QED) is 0.381. The minimum Gasteiger partial charge on any atom is -0.379 e. The lowest BCUT2D eigenvalue weighted by Crippen LogP contribution is -2.32. The van der Waals surface area contributed by atoms with Crippen molar-refractivity contribution in [3.63, 3.8) is 0 Å². The van der Waals surface area contributed by atoms with E-state index < -0.39 is 11.7 Å². The molecule has 0 aromatic rings. The van der Waals surface area contributed by atoms with Gasteiger partial charge in [-0.15, -0.1) is 0 Å². The summed E-state index contributed by atoms with van der Waals surface area (Å²) in [7, 11) is 0. The summed E-state index contributed by atoms with van der Waals surface area (Å²) in [5.74, 6) is 0. The first-order valence-electron chi connectivity index (χ1n) is 7.20. The number of alkyl halides is 2. The summed E-state index contributed by atoms with van der Waals surface area (Å²) in [5, 5.41) is 0. The number of rotatable bonds is 13. The van der Waals surface area contributed by atoms with Gasteiger partial charge in [0.25, 0.3) is 0 Å². The second-order valence-corrected chi connectivity index (χ2v) is 5.07. The Morgan fingerprint density at radius 2 is 1.47 bits per heavy atom. The number of hydrogen-bond donors (Lipinski definition) is 0. The van der Waals surface area contributed by atoms with Crippen LogP contribution in [-0.4, -0.2) is 44.3 Å². The molecule has 5 heteroatoms. The van der Waals surface area contributed by atoms with E-state index in [1.165, 1.54) is 6.92 Å². The molecule has 0 aromatic heterocycles. The first-order chi connectivity index (χ1) is 9.11. The Labute approximate surface area is 121 Å². The maximum Gasteiger partial charge on any atom is 0.162 e. The van der Waals surface area contributed by atoms with Crippen LogP contribution >= 0.6 is 11.6 Å². The number of halogens is 2. The van der Waals surface area contributed by atoms with E-state index in [9.17, 15) is 4.39 Å². The fraction of sp³-hybridized carbons (Fsp3) is 1.00. The molecule has 3 nitrogen and oxygen atoms in total. The monoisotopic (exact) mass is 298 g/mol. The van der Waals surface area contributed by atoms with Crippen molar-refractivity contribution in [3.05, 3.63) is 0 Å². The summed E-state index contributed by atoms with van der Waals surface area (Å²) in [6, 6.07) is 0. The van der Waals surface area contributed by atoms with Crippen LogP contribution in [0.5, 0.6) is 0 Å². The Hall–Kier alpha value is 0.100. The van der Waals surface area contributed by atoms with Gasteiger partial charge >= 0.3 is 0 Å². The van der Waals surface area contributed by atoms with Gasteiger partial charge in [-0.05, 0) is 19.8 Å². The SMILES string of the molecule is CCCCOCC(COCCCC)O[C@@H](Cl)[C@H](C)F. The predicted octanol–water partition coefficient (Wildman–Crippen LogP) is 3.93. The Morgan fingerprint density at radius 1 is 1.00 bits per heavy atom. The predicted molar refractivity (Wildman–Crippen MR) is 76.5 cm³/mol. The van der Waals surface area contributed by atoms with Crippen molar-refractivity contribution in [3.8, 4) is 0 Å². The van der Waals surface area contributed by atoms with Crippen LogP contribution in [0.4, 0.5) is 4.39 Å². The highest BCUT2D eigenvalue weighted by atomic mass is 35.5. The lowest BCUT2D eigenvalue weighted by atomic mass is 10.3. The Bertz CT molecular complexity index is 182. The molecular formula is C14H28ClFO3. The van der Waals surface area contributed by atoms with Crippen molar-refractivity contribution in [1.82, 2.24) is 0 Å². The van der Waals surface area contributed by atoms with E-state index in [1.54, 1.807) is 0 Å². The van der Waals surface area contributed by atoms with Crippen LogP contribution in [0.2, 0.25) is 0 Å². The van der Waals surface area contributed by atoms with Crippen LogP contribution in [0.1, 0.15) is 46.5 Å². The standard InChI is InChI=1S/C14H28ClFO3/c1-4-6-8-17-10-13(11-18-9-7-5-2)19-14(15)12(3)16/h12-14H,4-11H2,1-3H3/t12-,14+/m0/s1. The second kappa shape index (κ2) is 13.1. The van der Waals surface area contributed by atoms with E-state index in [1.807, 2.05) is 0 Å². The summed E-state index contributed by atoms with van der Waals surface area (Å²) in [6.07, 6.45) is 2.65. The van der Waals surface area contributed by atoms with Gasteiger partial charge in [-0.3, -0.25) is 0 Å². The number of unbranched alkanes of at least 4 members (excludes halogenated alkanes) is 2. The highest BCUT2D eigenvalue weighted by Gasteiger charge is 2.20. The molecule has 0 spiro atoms. The van der Waals surface area contributed by atoms with Gasteiger partial charge in [0, 0.05) is 13.2 Å². The van der Waals surface area contributed by atoms with Gasteiger partial charge < -0.3 is 14.2 Å². The zero-order valence-electron chi connectivity index (χ0n) is 12.4. The molecule has 0 aliphatic heterocycles. The molecular weight excluding hydrogens is 271 g/mol. The summed E-state index contributed by atoms with van der Waals surface area (Å²) in [5.41, 5.74) is -0.949. The minimum absolute atomic E-state index is 0.311. The van der Waals surface area contributed by atoms with Crippen molar-refractivity contribution in [2.75, 3.05) is 26.4 Å². The van der Waals surface area contributed by atoms with Crippen molar-refractivity contribution in [2.45, 2.75) is 64.3 Å². The first-order valence-corrected chi connectivity index (χ1v) is 7.64. The van der Waals surface area contributed by atoms with E-state index in [4.69, 9.17) is 25.8 Å². The van der Waals surface area contributed by atoms with Crippen LogP contribution in [0.15, 0.2) is 0 Å². The van der Waals surface area contributed by atoms with Crippen LogP contribution in [0.25, 0.3) is 0 Å². The van der Waals surface area contributed by atoms with Gasteiger partial charge in [0.1, 0.15) is 12.3 Å². The highest BCUT2D eigenvalue weighted by Crippen LogP contribution is 2.12. The fourth-order valence-corrected chi connectivity index (χ4v) is 1.49. The molecule has 0 rings (SSSR count). The highest BCUT2D eigenvalue weighted by molar-refractivity contribution is 6.20. The molecule has 0 heterocycles. The zero-order chi connectivity index (χ0) is 14.5. The molecule has 0 radical (unpaired) electrons. The lowest BCUT2D eigenvalue weighted by Gasteiger charge is -2.22. The largest absolute Gasteiger partial charge is 0.379 e. The maximum atomic E-state index is 13.0. The average molecular weight is 299 g/mol. The van der Waals surface area contributed by atoms with Gasteiger partial charge in [0.05, 0.1) is 13.2 Å². The van der Waals surface area contributed by atoms with Crippen LogP contribution in [0, 0.1) is 0 Å². The van der Waals surface area contributed by atoms with E-state index in [-0.39, 0.29) is 6.10 Å². The summed E-state index contributed by atoms with van der Waals surface area (Å²) in [6.45, 7) is 7.73. The summed E-state index contributed by atoms with van der Waals surface area (Å²) in [4.78, 5) is 0. The molecule has 0 aliphatic carbocycles. The third kappa shape index (κ3) is 11.6. The van der Waals surface area contributed by atoms with Crippen molar-refractivity contribution in [1.29, 1.82) is 0 Å². The molecule has 116 valence electrons. The zero-order valence-corrected chi connectivity index (χ0v) is 13.1. The van der Waals surface area contributed by atoms with Gasteiger partial charge in [0.2, 0.25) is 0 Å². The van der Waals surface area contributed by atoms with E-state index in [2.05, 4.69) is 13.8 Å². The minimum atomic E-state index is -1.21. The van der Waals surface area contributed by atoms with E-state index in [0.29, 0.717) is 26.4 Å². The van der Waals surface area contributed by atoms with E-state index in [0.717, 1.165) is 25.7 Å². The third-order valence-electron chi connectivity index (χ3n) is 2.58. The molecule has 0 amide bonds. The molecule has 0 saturated heterocycles. The van der Waals surface area contributed by atoms with Crippen LogP contribution in [0.3, 0.4) is 0 Å². The fourth-order valence-electron chi connectivity index (χ4n) is 1.34. The molecule has 19 heavy (non-hydrogen) atoms. The van der Waals surface area contributed by atoms with Gasteiger partial charge in [-0.25, -0.2) is 4.39 Å². The lowest BCUT2D eigenvalue weighted by molar-refractivity contribution is -0.0839. The maximum absolute atomic E-state index is 13.0. The van der Waals surface area contributed by atoms with Crippen molar-refractivity contribution >= 4 is 11.6 Å². The molecule has 0 aliphatic rings. The smallest absolute Gasteiger partial charge is 0.162 e. The topological polar surface area (TPSA) is 27.7 Å². The molecule has 2 atom stereocenters. The molecule has 0 N–H and O–H groups in total.